The van der Waals surface area contributed by atoms with Crippen LogP contribution in [0.1, 0.15) is 45.2 Å². The summed E-state index contributed by atoms with van der Waals surface area (Å²) in [6, 6.07) is 10.2. The minimum absolute atomic E-state index is 0.393. The Balaban J connectivity index is 1.91. The zero-order chi connectivity index (χ0) is 16.9. The van der Waals surface area contributed by atoms with Crippen molar-refractivity contribution in [1.82, 2.24) is 15.0 Å². The molecule has 1 aromatic heterocycles. The third-order valence-corrected chi connectivity index (χ3v) is 4.45. The predicted molar refractivity (Wildman–Crippen MR) is 92.5 cm³/mol. The van der Waals surface area contributed by atoms with Crippen LogP contribution in [0.3, 0.4) is 0 Å². The highest BCUT2D eigenvalue weighted by atomic mass is 16.5. The zero-order valence-corrected chi connectivity index (χ0v) is 14.3. The van der Waals surface area contributed by atoms with Crippen molar-refractivity contribution in [3.05, 3.63) is 30.0 Å². The predicted octanol–water partition coefficient (Wildman–Crippen LogP) is 3.31. The molecule has 0 N–H and O–H groups in total. The Bertz CT molecular complexity index is 716. The van der Waals surface area contributed by atoms with E-state index in [9.17, 15) is 5.26 Å². The molecule has 1 aliphatic rings. The number of ether oxygens (including phenoxy) is 1. The van der Waals surface area contributed by atoms with E-state index in [0.29, 0.717) is 24.2 Å². The van der Waals surface area contributed by atoms with Crippen molar-refractivity contribution >= 4 is 5.82 Å². The maximum atomic E-state index is 9.47. The van der Waals surface area contributed by atoms with E-state index in [1.807, 2.05) is 31.2 Å². The van der Waals surface area contributed by atoms with Crippen LogP contribution >= 0.6 is 0 Å². The monoisotopic (exact) mass is 325 g/mol. The quantitative estimate of drug-likeness (QED) is 0.843. The molecular formula is C18H23N5O. The number of rotatable bonds is 5. The van der Waals surface area contributed by atoms with Crippen LogP contribution in [0.15, 0.2) is 24.3 Å². The molecule has 1 saturated heterocycles. The first-order chi connectivity index (χ1) is 11.8. The second-order valence-electron chi connectivity index (χ2n) is 5.95. The van der Waals surface area contributed by atoms with Crippen molar-refractivity contribution in [3.8, 4) is 17.5 Å². The Morgan fingerprint density at radius 3 is 2.67 bits per heavy atom. The first-order valence-corrected chi connectivity index (χ1v) is 8.64. The van der Waals surface area contributed by atoms with E-state index in [1.165, 1.54) is 6.42 Å². The summed E-state index contributed by atoms with van der Waals surface area (Å²) >= 11 is 0. The fourth-order valence-corrected chi connectivity index (χ4v) is 3.23. The van der Waals surface area contributed by atoms with Gasteiger partial charge in [-0.2, -0.15) is 5.26 Å². The van der Waals surface area contributed by atoms with Gasteiger partial charge < -0.3 is 9.64 Å². The molecule has 2 aromatic rings. The van der Waals surface area contributed by atoms with Crippen molar-refractivity contribution in [1.29, 1.82) is 5.26 Å². The number of piperidine rings is 1. The number of anilines is 1. The van der Waals surface area contributed by atoms with Gasteiger partial charge in [-0.15, -0.1) is 15.0 Å². The summed E-state index contributed by atoms with van der Waals surface area (Å²) in [6.07, 6.45) is 4.58. The first kappa shape index (κ1) is 16.3. The van der Waals surface area contributed by atoms with Crippen LogP contribution in [0.2, 0.25) is 0 Å². The molecule has 0 spiro atoms. The molecule has 0 bridgehead atoms. The van der Waals surface area contributed by atoms with Gasteiger partial charge in [0.2, 0.25) is 5.69 Å². The number of benzene rings is 1. The number of nitrogens with zero attached hydrogens (tertiary/aromatic N) is 5. The summed E-state index contributed by atoms with van der Waals surface area (Å²) in [6.45, 7) is 5.72. The second kappa shape index (κ2) is 7.35. The van der Waals surface area contributed by atoms with Crippen molar-refractivity contribution in [2.24, 2.45) is 0 Å². The molecule has 0 aliphatic carbocycles. The molecule has 1 atom stereocenters. The molecular weight excluding hydrogens is 302 g/mol. The molecule has 1 fully saturated rings. The maximum absolute atomic E-state index is 9.47. The van der Waals surface area contributed by atoms with Crippen LogP contribution in [0.4, 0.5) is 5.82 Å². The Morgan fingerprint density at radius 2 is 2.00 bits per heavy atom. The van der Waals surface area contributed by atoms with Gasteiger partial charge in [-0.1, -0.05) is 6.92 Å². The van der Waals surface area contributed by atoms with Crippen molar-refractivity contribution in [2.75, 3.05) is 18.1 Å². The SMILES string of the molecule is CCOc1ccc(-n2nc(C#N)c(N3CCCC[C@@H]3CC)n2)cc1. The number of hydrogen-bond donors (Lipinski definition) is 0. The Labute approximate surface area is 142 Å². The highest BCUT2D eigenvalue weighted by Gasteiger charge is 2.26. The van der Waals surface area contributed by atoms with Gasteiger partial charge in [0.15, 0.2) is 5.82 Å². The van der Waals surface area contributed by atoms with Crippen LogP contribution in [-0.2, 0) is 0 Å². The average molecular weight is 325 g/mol. The van der Waals surface area contributed by atoms with Crippen LogP contribution in [0.25, 0.3) is 5.69 Å². The third-order valence-electron chi connectivity index (χ3n) is 4.45. The third kappa shape index (κ3) is 3.21. The highest BCUT2D eigenvalue weighted by Crippen LogP contribution is 2.27. The van der Waals surface area contributed by atoms with Crippen molar-refractivity contribution in [3.63, 3.8) is 0 Å². The van der Waals surface area contributed by atoms with E-state index < -0.39 is 0 Å². The van der Waals surface area contributed by atoms with Gasteiger partial charge >= 0.3 is 0 Å². The lowest BCUT2D eigenvalue weighted by molar-refractivity contribution is 0.340. The molecule has 0 saturated carbocycles. The van der Waals surface area contributed by atoms with Crippen LogP contribution in [0, 0.1) is 11.3 Å². The summed E-state index contributed by atoms with van der Waals surface area (Å²) in [5.74, 6) is 1.52. The molecule has 6 nitrogen and oxygen atoms in total. The van der Waals surface area contributed by atoms with Crippen LogP contribution in [0.5, 0.6) is 5.75 Å². The smallest absolute Gasteiger partial charge is 0.207 e. The highest BCUT2D eigenvalue weighted by molar-refractivity contribution is 5.51. The summed E-state index contributed by atoms with van der Waals surface area (Å²) in [5, 5.41) is 18.5. The van der Waals surface area contributed by atoms with E-state index in [-0.39, 0.29) is 0 Å². The molecule has 6 heteroatoms. The van der Waals surface area contributed by atoms with Crippen LogP contribution < -0.4 is 9.64 Å². The van der Waals surface area contributed by atoms with Crippen molar-refractivity contribution in [2.45, 2.75) is 45.6 Å². The van der Waals surface area contributed by atoms with E-state index >= 15 is 0 Å². The van der Waals surface area contributed by atoms with Gasteiger partial charge in [0, 0.05) is 12.6 Å². The second-order valence-corrected chi connectivity index (χ2v) is 5.95. The fourth-order valence-electron chi connectivity index (χ4n) is 3.23. The molecule has 0 unspecified atom stereocenters. The molecule has 0 radical (unpaired) electrons. The Hall–Kier alpha value is -2.55. The minimum atomic E-state index is 0.393. The molecule has 1 aromatic carbocycles. The molecule has 24 heavy (non-hydrogen) atoms. The van der Waals surface area contributed by atoms with E-state index in [0.717, 1.165) is 37.2 Å². The number of nitriles is 1. The maximum Gasteiger partial charge on any atom is 0.207 e. The number of hydrogen-bond acceptors (Lipinski definition) is 5. The average Bonchev–Trinajstić information content (AvgIpc) is 3.07. The van der Waals surface area contributed by atoms with E-state index in [4.69, 9.17) is 4.74 Å². The molecule has 2 heterocycles. The molecule has 0 amide bonds. The summed E-state index contributed by atoms with van der Waals surface area (Å²) in [7, 11) is 0. The lowest BCUT2D eigenvalue weighted by Crippen LogP contribution is -2.39. The topological polar surface area (TPSA) is 67.0 Å². The first-order valence-electron chi connectivity index (χ1n) is 8.64. The summed E-state index contributed by atoms with van der Waals surface area (Å²) in [5.41, 5.74) is 1.22. The van der Waals surface area contributed by atoms with Gasteiger partial charge in [0.25, 0.3) is 0 Å². The van der Waals surface area contributed by atoms with Gasteiger partial charge in [-0.25, -0.2) is 0 Å². The van der Waals surface area contributed by atoms with Gasteiger partial charge in [-0.3, -0.25) is 0 Å². The molecule has 3 rings (SSSR count). The van der Waals surface area contributed by atoms with Crippen molar-refractivity contribution < 1.29 is 4.74 Å². The van der Waals surface area contributed by atoms with E-state index in [1.54, 1.807) is 4.80 Å². The van der Waals surface area contributed by atoms with Gasteiger partial charge in [-0.05, 0) is 56.9 Å². The number of aromatic nitrogens is 3. The Kier molecular flexibility index (Phi) is 4.99. The fraction of sp³-hybridized carbons (Fsp3) is 0.500. The lowest BCUT2D eigenvalue weighted by atomic mass is 10.00. The summed E-state index contributed by atoms with van der Waals surface area (Å²) < 4.78 is 5.46. The Morgan fingerprint density at radius 1 is 1.21 bits per heavy atom. The summed E-state index contributed by atoms with van der Waals surface area (Å²) in [4.78, 5) is 3.80. The normalized spacial score (nSPS) is 17.5. The van der Waals surface area contributed by atoms with E-state index in [2.05, 4.69) is 28.1 Å². The lowest BCUT2D eigenvalue weighted by Gasteiger charge is -2.35. The zero-order valence-electron chi connectivity index (χ0n) is 14.3. The standard InChI is InChI=1S/C18H23N5O/c1-3-14-7-5-6-12-22(14)18-17(13-19)20-23(21-18)15-8-10-16(11-9-15)24-4-2/h8-11,14H,3-7,12H2,1-2H3/t14-/m0/s1. The minimum Gasteiger partial charge on any atom is -0.494 e. The van der Waals surface area contributed by atoms with Crippen LogP contribution in [-0.4, -0.2) is 34.2 Å². The largest absolute Gasteiger partial charge is 0.494 e. The van der Waals surface area contributed by atoms with Gasteiger partial charge in [0.1, 0.15) is 11.8 Å². The van der Waals surface area contributed by atoms with Gasteiger partial charge in [0.05, 0.1) is 12.3 Å². The molecule has 126 valence electrons. The molecule has 1 aliphatic heterocycles.